The van der Waals surface area contributed by atoms with Crippen LogP contribution in [0.25, 0.3) is 0 Å². The molecule has 0 aliphatic heterocycles. The summed E-state index contributed by atoms with van der Waals surface area (Å²) in [5.41, 5.74) is 0.634. The Kier molecular flexibility index (Phi) is 5.82. The van der Waals surface area contributed by atoms with Crippen molar-refractivity contribution in [2.75, 3.05) is 13.1 Å². The number of carbonyl (C=O) groups excluding carboxylic acids is 1. The molecule has 2 amide bonds. The third-order valence-corrected chi connectivity index (χ3v) is 3.25. The first kappa shape index (κ1) is 16.3. The Hall–Kier alpha value is -1.75. The Balaban J connectivity index is 2.49. The van der Waals surface area contributed by atoms with Gasteiger partial charge in [-0.05, 0) is 11.6 Å². The number of carboxylic acid groups (broad SMARTS) is 1. The summed E-state index contributed by atoms with van der Waals surface area (Å²) in [6.45, 7) is 4.46. The maximum absolute atomic E-state index is 11.5. The quantitative estimate of drug-likeness (QED) is 0.754. The van der Waals surface area contributed by atoms with Crippen molar-refractivity contribution in [3.8, 4) is 0 Å². The van der Waals surface area contributed by atoms with Crippen LogP contribution >= 0.6 is 11.6 Å². The molecule has 0 radical (unpaired) electrons. The molecule has 0 atom stereocenters. The zero-order valence-corrected chi connectivity index (χ0v) is 12.3. The number of amides is 2. The van der Waals surface area contributed by atoms with E-state index in [0.29, 0.717) is 11.6 Å². The summed E-state index contributed by atoms with van der Waals surface area (Å²) in [5.74, 6) is -0.943. The lowest BCUT2D eigenvalue weighted by molar-refractivity contribution is -0.136. The van der Waals surface area contributed by atoms with E-state index in [1.807, 2.05) is 38.1 Å². The van der Waals surface area contributed by atoms with Crippen LogP contribution in [0.15, 0.2) is 24.3 Å². The second-order valence-electron chi connectivity index (χ2n) is 5.12. The Bertz CT molecular complexity index is 489. The van der Waals surface area contributed by atoms with Crippen LogP contribution in [0.2, 0.25) is 5.02 Å². The van der Waals surface area contributed by atoms with Gasteiger partial charge < -0.3 is 15.7 Å². The third kappa shape index (κ3) is 5.09. The lowest BCUT2D eigenvalue weighted by Gasteiger charge is -2.26. The SMILES string of the molecule is CC(C)(CNC(=O)NCCC(=O)O)c1ccccc1Cl. The number of hydrogen-bond donors (Lipinski definition) is 3. The van der Waals surface area contributed by atoms with E-state index >= 15 is 0 Å². The van der Waals surface area contributed by atoms with E-state index in [1.54, 1.807) is 0 Å². The second-order valence-corrected chi connectivity index (χ2v) is 5.52. The van der Waals surface area contributed by atoms with E-state index in [9.17, 15) is 9.59 Å². The van der Waals surface area contributed by atoms with E-state index in [0.717, 1.165) is 5.56 Å². The van der Waals surface area contributed by atoms with Crippen LogP contribution in [0.4, 0.5) is 4.79 Å². The predicted molar refractivity (Wildman–Crippen MR) is 78.1 cm³/mol. The van der Waals surface area contributed by atoms with Gasteiger partial charge in [0.2, 0.25) is 0 Å². The minimum Gasteiger partial charge on any atom is -0.481 e. The van der Waals surface area contributed by atoms with E-state index < -0.39 is 5.97 Å². The molecule has 0 spiro atoms. The van der Waals surface area contributed by atoms with Crippen molar-refractivity contribution in [3.63, 3.8) is 0 Å². The van der Waals surface area contributed by atoms with Crippen LogP contribution < -0.4 is 10.6 Å². The summed E-state index contributed by atoms with van der Waals surface area (Å²) < 4.78 is 0. The summed E-state index contributed by atoms with van der Waals surface area (Å²) >= 11 is 6.15. The zero-order valence-electron chi connectivity index (χ0n) is 11.6. The molecule has 0 fully saturated rings. The molecule has 0 unspecified atom stereocenters. The van der Waals surface area contributed by atoms with Crippen LogP contribution in [-0.2, 0) is 10.2 Å². The molecular formula is C14H19ClN2O3. The Morgan fingerprint density at radius 1 is 1.25 bits per heavy atom. The molecule has 1 rings (SSSR count). The van der Waals surface area contributed by atoms with Gasteiger partial charge in [-0.1, -0.05) is 43.6 Å². The standard InChI is InChI=1S/C14H19ClN2O3/c1-14(2,10-5-3-4-6-11(10)15)9-17-13(20)16-8-7-12(18)19/h3-6H,7-9H2,1-2H3,(H,18,19)(H2,16,17,20). The smallest absolute Gasteiger partial charge is 0.314 e. The van der Waals surface area contributed by atoms with Gasteiger partial charge in [0, 0.05) is 23.5 Å². The Morgan fingerprint density at radius 3 is 2.50 bits per heavy atom. The van der Waals surface area contributed by atoms with Crippen LogP contribution in [-0.4, -0.2) is 30.2 Å². The van der Waals surface area contributed by atoms with Gasteiger partial charge in [-0.3, -0.25) is 4.79 Å². The van der Waals surface area contributed by atoms with Crippen LogP contribution in [0.3, 0.4) is 0 Å². The first-order valence-corrected chi connectivity index (χ1v) is 6.69. The first-order chi connectivity index (χ1) is 9.33. The van der Waals surface area contributed by atoms with Gasteiger partial charge in [-0.25, -0.2) is 4.79 Å². The van der Waals surface area contributed by atoms with Crippen molar-refractivity contribution >= 4 is 23.6 Å². The molecular weight excluding hydrogens is 280 g/mol. The minimum atomic E-state index is -0.943. The number of aliphatic carboxylic acids is 1. The van der Waals surface area contributed by atoms with Crippen LogP contribution in [0, 0.1) is 0 Å². The van der Waals surface area contributed by atoms with E-state index in [2.05, 4.69) is 10.6 Å². The molecule has 0 aromatic heterocycles. The Morgan fingerprint density at radius 2 is 1.90 bits per heavy atom. The van der Waals surface area contributed by atoms with Crippen LogP contribution in [0.5, 0.6) is 0 Å². The van der Waals surface area contributed by atoms with Gasteiger partial charge in [0.25, 0.3) is 0 Å². The molecule has 0 saturated heterocycles. The summed E-state index contributed by atoms with van der Waals surface area (Å²) in [6, 6.07) is 7.10. The van der Waals surface area contributed by atoms with E-state index in [-0.39, 0.29) is 24.4 Å². The van der Waals surface area contributed by atoms with Crippen molar-refractivity contribution in [3.05, 3.63) is 34.9 Å². The molecule has 20 heavy (non-hydrogen) atoms. The number of urea groups is 1. The van der Waals surface area contributed by atoms with Gasteiger partial charge in [-0.2, -0.15) is 0 Å². The molecule has 6 heteroatoms. The number of rotatable bonds is 6. The van der Waals surface area contributed by atoms with Gasteiger partial charge in [0.05, 0.1) is 6.42 Å². The summed E-state index contributed by atoms with van der Waals surface area (Å²) in [4.78, 5) is 21.9. The van der Waals surface area contributed by atoms with E-state index in [1.165, 1.54) is 0 Å². The van der Waals surface area contributed by atoms with Crippen molar-refractivity contribution in [2.45, 2.75) is 25.7 Å². The number of halogens is 1. The van der Waals surface area contributed by atoms with Crippen molar-refractivity contribution in [1.29, 1.82) is 0 Å². The summed E-state index contributed by atoms with van der Waals surface area (Å²) in [7, 11) is 0. The molecule has 0 bridgehead atoms. The fraction of sp³-hybridized carbons (Fsp3) is 0.429. The lowest BCUT2D eigenvalue weighted by Crippen LogP contribution is -2.42. The summed E-state index contributed by atoms with van der Waals surface area (Å²) in [5, 5.41) is 14.3. The predicted octanol–water partition coefficient (Wildman–Crippen LogP) is 2.39. The second kappa shape index (κ2) is 7.14. The molecule has 0 saturated carbocycles. The van der Waals surface area contributed by atoms with Gasteiger partial charge >= 0.3 is 12.0 Å². The lowest BCUT2D eigenvalue weighted by atomic mass is 9.84. The summed E-state index contributed by atoms with van der Waals surface area (Å²) in [6.07, 6.45) is -0.0959. The highest BCUT2D eigenvalue weighted by atomic mass is 35.5. The topological polar surface area (TPSA) is 78.4 Å². The average molecular weight is 299 g/mol. The number of nitrogens with one attached hydrogen (secondary N) is 2. The van der Waals surface area contributed by atoms with Gasteiger partial charge in [0.1, 0.15) is 0 Å². The minimum absolute atomic E-state index is 0.0959. The fourth-order valence-electron chi connectivity index (χ4n) is 1.75. The largest absolute Gasteiger partial charge is 0.481 e. The van der Waals surface area contributed by atoms with Gasteiger partial charge in [-0.15, -0.1) is 0 Å². The van der Waals surface area contributed by atoms with Crippen LogP contribution in [0.1, 0.15) is 25.8 Å². The number of carboxylic acids is 1. The maximum Gasteiger partial charge on any atom is 0.314 e. The molecule has 3 N–H and O–H groups in total. The maximum atomic E-state index is 11.5. The third-order valence-electron chi connectivity index (χ3n) is 2.92. The van der Waals surface area contributed by atoms with Gasteiger partial charge in [0.15, 0.2) is 0 Å². The fourth-order valence-corrected chi connectivity index (χ4v) is 2.14. The van der Waals surface area contributed by atoms with Crippen molar-refractivity contribution < 1.29 is 14.7 Å². The molecule has 0 heterocycles. The normalized spacial score (nSPS) is 10.9. The molecule has 110 valence electrons. The number of carbonyl (C=O) groups is 2. The molecule has 0 aliphatic rings. The zero-order chi connectivity index (χ0) is 15.2. The monoisotopic (exact) mass is 298 g/mol. The van der Waals surface area contributed by atoms with Crippen molar-refractivity contribution in [1.82, 2.24) is 10.6 Å². The Labute approximate surface area is 123 Å². The van der Waals surface area contributed by atoms with Crippen molar-refractivity contribution in [2.24, 2.45) is 0 Å². The number of benzene rings is 1. The first-order valence-electron chi connectivity index (χ1n) is 6.31. The number of hydrogen-bond acceptors (Lipinski definition) is 2. The molecule has 1 aromatic rings. The van der Waals surface area contributed by atoms with E-state index in [4.69, 9.17) is 16.7 Å². The molecule has 1 aromatic carbocycles. The molecule has 5 nitrogen and oxygen atoms in total. The highest BCUT2D eigenvalue weighted by Crippen LogP contribution is 2.28. The molecule has 0 aliphatic carbocycles. The highest BCUT2D eigenvalue weighted by Gasteiger charge is 2.23. The average Bonchev–Trinajstić information content (AvgIpc) is 2.36. The highest BCUT2D eigenvalue weighted by molar-refractivity contribution is 6.31.